The maximum atomic E-state index is 11.9. The van der Waals surface area contributed by atoms with Crippen LogP contribution in [-0.2, 0) is 9.53 Å². The molecule has 4 heteroatoms. The first-order valence-corrected chi connectivity index (χ1v) is 10.2. The van der Waals surface area contributed by atoms with Crippen molar-refractivity contribution in [3.05, 3.63) is 12.2 Å². The van der Waals surface area contributed by atoms with E-state index >= 15 is 0 Å². The summed E-state index contributed by atoms with van der Waals surface area (Å²) in [5.74, 6) is 0.588. The molecule has 0 spiro atoms. The summed E-state index contributed by atoms with van der Waals surface area (Å²) in [6, 6.07) is 0. The van der Waals surface area contributed by atoms with Gasteiger partial charge in [0.15, 0.2) is 0 Å². The topological polar surface area (TPSA) is 66.8 Å². The van der Waals surface area contributed by atoms with E-state index in [9.17, 15) is 15.0 Å². The van der Waals surface area contributed by atoms with Gasteiger partial charge < -0.3 is 14.9 Å². The summed E-state index contributed by atoms with van der Waals surface area (Å²) >= 11 is 0. The van der Waals surface area contributed by atoms with Gasteiger partial charge in [0.25, 0.3) is 0 Å². The number of aliphatic hydroxyl groups is 2. The summed E-state index contributed by atoms with van der Waals surface area (Å²) < 4.78 is 5.92. The zero-order valence-corrected chi connectivity index (χ0v) is 16.9. The first kappa shape index (κ1) is 19.9. The number of aliphatic hydroxyl groups excluding tert-OH is 2. The number of rotatable bonds is 3. The molecule has 7 atom stereocenters. The van der Waals surface area contributed by atoms with Crippen molar-refractivity contribution in [1.82, 2.24) is 0 Å². The van der Waals surface area contributed by atoms with Crippen LogP contribution in [0.2, 0.25) is 0 Å². The lowest BCUT2D eigenvalue weighted by molar-refractivity contribution is -0.211. The van der Waals surface area contributed by atoms with Crippen LogP contribution in [-0.4, -0.2) is 35.0 Å². The van der Waals surface area contributed by atoms with Gasteiger partial charge in [-0.3, -0.25) is 4.79 Å². The lowest BCUT2D eigenvalue weighted by Crippen LogP contribution is -2.62. The highest BCUT2D eigenvalue weighted by Gasteiger charge is 2.63. The summed E-state index contributed by atoms with van der Waals surface area (Å²) in [5, 5.41) is 20.1. The molecule has 3 fully saturated rings. The monoisotopic (exact) mass is 364 g/mol. The normalized spacial score (nSPS) is 46.8. The molecule has 148 valence electrons. The second-order valence-corrected chi connectivity index (χ2v) is 9.93. The first-order chi connectivity index (χ1) is 12.1. The van der Waals surface area contributed by atoms with Crippen molar-refractivity contribution in [2.24, 2.45) is 28.1 Å². The Labute approximate surface area is 158 Å². The van der Waals surface area contributed by atoms with Gasteiger partial charge in [-0.05, 0) is 67.6 Å². The number of allylic oxidation sites excluding steroid dienone is 1. The van der Waals surface area contributed by atoms with Crippen molar-refractivity contribution >= 4 is 5.97 Å². The van der Waals surface area contributed by atoms with Gasteiger partial charge >= 0.3 is 5.97 Å². The fourth-order valence-corrected chi connectivity index (χ4v) is 6.75. The summed E-state index contributed by atoms with van der Waals surface area (Å²) in [7, 11) is 0. The number of ether oxygens (including phenoxy) is 1. The summed E-state index contributed by atoms with van der Waals surface area (Å²) in [6.07, 6.45) is 6.09. The highest BCUT2D eigenvalue weighted by Crippen LogP contribution is 2.67. The molecule has 3 saturated carbocycles. The average Bonchev–Trinajstić information content (AvgIpc) is 2.57. The van der Waals surface area contributed by atoms with Crippen LogP contribution in [0.5, 0.6) is 0 Å². The standard InChI is InChI=1S/C22H36O4/c1-14-7-6-8-17-21(14,4)10-9-16-11-20(3,18(25)13-23)12-19(22(16,17)5)26-15(2)24/h16-19,23,25H,1,6-13H2,2-5H3/t16-,17-,18+,19+,20+,21-,22-/m0/s1. The van der Waals surface area contributed by atoms with Crippen molar-refractivity contribution in [1.29, 1.82) is 0 Å². The van der Waals surface area contributed by atoms with E-state index in [0.29, 0.717) is 18.3 Å². The van der Waals surface area contributed by atoms with Crippen LogP contribution in [0.3, 0.4) is 0 Å². The van der Waals surface area contributed by atoms with Gasteiger partial charge in [-0.2, -0.15) is 0 Å². The smallest absolute Gasteiger partial charge is 0.302 e. The molecule has 0 unspecified atom stereocenters. The van der Waals surface area contributed by atoms with Gasteiger partial charge in [0.1, 0.15) is 6.10 Å². The largest absolute Gasteiger partial charge is 0.462 e. The Morgan fingerprint density at radius 2 is 2.00 bits per heavy atom. The van der Waals surface area contributed by atoms with Crippen molar-refractivity contribution < 1.29 is 19.7 Å². The lowest BCUT2D eigenvalue weighted by atomic mass is 9.41. The minimum absolute atomic E-state index is 0.100. The molecule has 0 bridgehead atoms. The molecule has 0 saturated heterocycles. The third-order valence-electron chi connectivity index (χ3n) is 8.53. The van der Waals surface area contributed by atoms with Crippen LogP contribution >= 0.6 is 0 Å². The first-order valence-electron chi connectivity index (χ1n) is 10.2. The highest BCUT2D eigenvalue weighted by molar-refractivity contribution is 5.66. The van der Waals surface area contributed by atoms with Crippen LogP contribution < -0.4 is 0 Å². The van der Waals surface area contributed by atoms with E-state index in [2.05, 4.69) is 20.4 Å². The molecule has 0 aromatic carbocycles. The zero-order chi connectivity index (χ0) is 19.3. The van der Waals surface area contributed by atoms with Gasteiger partial charge in [0.05, 0.1) is 12.7 Å². The minimum atomic E-state index is -0.778. The molecule has 0 heterocycles. The molecule has 26 heavy (non-hydrogen) atoms. The molecule has 3 aliphatic rings. The lowest BCUT2D eigenvalue weighted by Gasteiger charge is -2.65. The Balaban J connectivity index is 2.02. The molecule has 0 aliphatic heterocycles. The van der Waals surface area contributed by atoms with Crippen LogP contribution in [0, 0.1) is 28.1 Å². The third-order valence-corrected chi connectivity index (χ3v) is 8.53. The second-order valence-electron chi connectivity index (χ2n) is 9.93. The van der Waals surface area contributed by atoms with Crippen molar-refractivity contribution in [2.45, 2.75) is 84.8 Å². The predicted octanol–water partition coefficient (Wildman–Crippen LogP) is 3.85. The number of esters is 1. The number of carbonyl (C=O) groups excluding carboxylic acids is 1. The maximum Gasteiger partial charge on any atom is 0.302 e. The number of carbonyl (C=O) groups is 1. The number of hydrogen-bond donors (Lipinski definition) is 2. The van der Waals surface area contributed by atoms with Gasteiger partial charge in [-0.15, -0.1) is 0 Å². The second kappa shape index (κ2) is 6.63. The number of fused-ring (bicyclic) bond motifs is 3. The fourth-order valence-electron chi connectivity index (χ4n) is 6.75. The van der Waals surface area contributed by atoms with E-state index in [1.54, 1.807) is 0 Å². The molecule has 3 rings (SSSR count). The Kier molecular flexibility index (Phi) is 5.07. The van der Waals surface area contributed by atoms with Gasteiger partial charge in [0.2, 0.25) is 0 Å². The van der Waals surface area contributed by atoms with Gasteiger partial charge in [0, 0.05) is 12.3 Å². The van der Waals surface area contributed by atoms with E-state index in [1.807, 2.05) is 6.92 Å². The van der Waals surface area contributed by atoms with E-state index in [0.717, 1.165) is 38.5 Å². The Morgan fingerprint density at radius 1 is 1.31 bits per heavy atom. The molecular weight excluding hydrogens is 328 g/mol. The quantitative estimate of drug-likeness (QED) is 0.590. The van der Waals surface area contributed by atoms with E-state index < -0.39 is 11.5 Å². The van der Waals surface area contributed by atoms with Gasteiger partial charge in [-0.25, -0.2) is 0 Å². The maximum absolute atomic E-state index is 11.9. The minimum Gasteiger partial charge on any atom is -0.462 e. The molecule has 0 aromatic heterocycles. The van der Waals surface area contributed by atoms with Crippen LogP contribution in [0.15, 0.2) is 12.2 Å². The summed E-state index contributed by atoms with van der Waals surface area (Å²) in [6.45, 7) is 12.4. The summed E-state index contributed by atoms with van der Waals surface area (Å²) in [4.78, 5) is 11.9. The Morgan fingerprint density at radius 3 is 2.62 bits per heavy atom. The molecule has 3 aliphatic carbocycles. The zero-order valence-electron chi connectivity index (χ0n) is 16.9. The molecule has 0 radical (unpaired) electrons. The Hall–Kier alpha value is -0.870. The van der Waals surface area contributed by atoms with Crippen LogP contribution in [0.4, 0.5) is 0 Å². The fraction of sp³-hybridized carbons (Fsp3) is 0.864. The van der Waals surface area contributed by atoms with Gasteiger partial charge in [-0.1, -0.05) is 32.9 Å². The highest BCUT2D eigenvalue weighted by atomic mass is 16.5. The average molecular weight is 365 g/mol. The SMILES string of the molecule is C=C1CCC[C@@H]2[C@]3(C)[C@@H](CC[C@@]12C)C[C@@](C)([C@H](O)CO)C[C@H]3OC(C)=O. The van der Waals surface area contributed by atoms with Crippen LogP contribution in [0.1, 0.15) is 72.6 Å². The summed E-state index contributed by atoms with van der Waals surface area (Å²) in [5.41, 5.74) is 0.958. The molecular formula is C22H36O4. The van der Waals surface area contributed by atoms with E-state index in [4.69, 9.17) is 4.74 Å². The predicted molar refractivity (Wildman–Crippen MR) is 101 cm³/mol. The molecule has 0 amide bonds. The van der Waals surface area contributed by atoms with E-state index in [1.165, 1.54) is 12.5 Å². The molecule has 2 N–H and O–H groups in total. The van der Waals surface area contributed by atoms with Crippen molar-refractivity contribution in [2.75, 3.05) is 6.61 Å². The number of hydrogen-bond acceptors (Lipinski definition) is 4. The van der Waals surface area contributed by atoms with Crippen LogP contribution in [0.25, 0.3) is 0 Å². The van der Waals surface area contributed by atoms with Crippen molar-refractivity contribution in [3.8, 4) is 0 Å². The third kappa shape index (κ3) is 2.84. The van der Waals surface area contributed by atoms with E-state index in [-0.39, 0.29) is 29.5 Å². The Bertz CT molecular complexity index is 587. The van der Waals surface area contributed by atoms with Crippen molar-refractivity contribution in [3.63, 3.8) is 0 Å². The molecule has 0 aromatic rings. The molecule has 4 nitrogen and oxygen atoms in total.